The number of carboxylic acid groups (broad SMARTS) is 1. The van der Waals surface area contributed by atoms with E-state index in [1.807, 2.05) is 0 Å². The molecule has 5 heteroatoms. The number of hydrogen-bond donors (Lipinski definition) is 2. The van der Waals surface area contributed by atoms with Crippen LogP contribution < -0.4 is 0 Å². The van der Waals surface area contributed by atoms with Crippen LogP contribution in [-0.4, -0.2) is 28.1 Å². The van der Waals surface area contributed by atoms with Gasteiger partial charge in [-0.3, -0.25) is 4.79 Å². The van der Waals surface area contributed by atoms with Crippen LogP contribution in [0.4, 0.5) is 0 Å². The fraction of sp³-hybridized carbons (Fsp3) is 0.812. The van der Waals surface area contributed by atoms with Gasteiger partial charge in [0.25, 0.3) is 0 Å². The smallest absolute Gasteiger partial charge is 0.303 e. The number of carboxylic acids is 1. The number of aliphatic hydroxyl groups excluding tert-OH is 1. The summed E-state index contributed by atoms with van der Waals surface area (Å²) >= 11 is 9.53. The minimum Gasteiger partial charge on any atom is -0.481 e. The van der Waals surface area contributed by atoms with Crippen molar-refractivity contribution in [3.05, 3.63) is 12.2 Å². The normalized spacial score (nSPS) is 10.4. The summed E-state index contributed by atoms with van der Waals surface area (Å²) in [5, 5.41) is 17.3. The van der Waals surface area contributed by atoms with Gasteiger partial charge in [0.15, 0.2) is 0 Å². The molecule has 0 spiro atoms. The Morgan fingerprint density at radius 1 is 0.810 bits per heavy atom. The molecule has 2 N–H and O–H groups in total. The zero-order valence-electron chi connectivity index (χ0n) is 12.9. The van der Waals surface area contributed by atoms with Crippen molar-refractivity contribution in [1.82, 2.24) is 0 Å². The second kappa shape index (κ2) is 22.0. The summed E-state index contributed by atoms with van der Waals surface area (Å²) in [7, 11) is 0. The molecule has 0 aromatic carbocycles. The number of carbonyl (C=O) groups is 1. The van der Waals surface area contributed by atoms with Crippen molar-refractivity contribution in [1.29, 1.82) is 0 Å². The van der Waals surface area contributed by atoms with E-state index in [0.29, 0.717) is 13.0 Å². The molecule has 0 atom stereocenters. The average Bonchev–Trinajstić information content (AvgIpc) is 2.44. The van der Waals surface area contributed by atoms with E-state index in [4.69, 9.17) is 33.4 Å². The zero-order valence-corrected chi connectivity index (χ0v) is 14.4. The number of allylic oxidation sites excluding steroid dienone is 2. The van der Waals surface area contributed by atoms with Crippen LogP contribution in [0.3, 0.4) is 0 Å². The monoisotopic (exact) mass is 340 g/mol. The predicted molar refractivity (Wildman–Crippen MR) is 91.2 cm³/mol. The lowest BCUT2D eigenvalue weighted by molar-refractivity contribution is -0.137. The van der Waals surface area contributed by atoms with Crippen LogP contribution in [0.1, 0.15) is 70.6 Å². The Morgan fingerprint density at radius 2 is 1.24 bits per heavy atom. The number of aliphatic carboxylic acids is 1. The SMILES string of the molecule is ClCCl.O=C(O)CCCCC/C=C/CCCCCCCO. The molecule has 0 radical (unpaired) electrons. The molecule has 0 aliphatic rings. The largest absolute Gasteiger partial charge is 0.481 e. The lowest BCUT2D eigenvalue weighted by atomic mass is 10.1. The summed E-state index contributed by atoms with van der Waals surface area (Å²) in [6.45, 7) is 0.321. The van der Waals surface area contributed by atoms with E-state index in [-0.39, 0.29) is 5.34 Å². The summed E-state index contributed by atoms with van der Waals surface area (Å²) in [5.41, 5.74) is 0. The third-order valence-corrected chi connectivity index (χ3v) is 2.96. The van der Waals surface area contributed by atoms with Crippen LogP contribution in [0.5, 0.6) is 0 Å². The molecule has 126 valence electrons. The second-order valence-corrected chi connectivity index (χ2v) is 5.65. The van der Waals surface area contributed by atoms with Gasteiger partial charge in [0, 0.05) is 13.0 Å². The van der Waals surface area contributed by atoms with Crippen LogP contribution in [-0.2, 0) is 4.79 Å². The maximum absolute atomic E-state index is 10.3. The van der Waals surface area contributed by atoms with Crippen molar-refractivity contribution < 1.29 is 15.0 Å². The van der Waals surface area contributed by atoms with Gasteiger partial charge in [0.2, 0.25) is 0 Å². The van der Waals surface area contributed by atoms with E-state index >= 15 is 0 Å². The Hall–Kier alpha value is -0.250. The van der Waals surface area contributed by atoms with Gasteiger partial charge >= 0.3 is 5.97 Å². The topological polar surface area (TPSA) is 57.5 Å². The molecule has 21 heavy (non-hydrogen) atoms. The van der Waals surface area contributed by atoms with Crippen molar-refractivity contribution in [3.8, 4) is 0 Å². The van der Waals surface area contributed by atoms with E-state index in [9.17, 15) is 4.79 Å². The maximum atomic E-state index is 10.3. The lowest BCUT2D eigenvalue weighted by Crippen LogP contribution is -1.93. The molecule has 0 saturated heterocycles. The molecule has 0 heterocycles. The molecule has 0 aromatic heterocycles. The zero-order chi connectivity index (χ0) is 16.2. The van der Waals surface area contributed by atoms with Crippen LogP contribution in [0, 0.1) is 0 Å². The minimum atomic E-state index is -0.688. The number of rotatable bonds is 13. The van der Waals surface area contributed by atoms with Crippen molar-refractivity contribution in [3.63, 3.8) is 0 Å². The average molecular weight is 341 g/mol. The molecular formula is C16H30Cl2O3. The van der Waals surface area contributed by atoms with E-state index < -0.39 is 5.97 Å². The summed E-state index contributed by atoms with van der Waals surface area (Å²) in [4.78, 5) is 10.3. The Labute approximate surface area is 139 Å². The van der Waals surface area contributed by atoms with Crippen molar-refractivity contribution >= 4 is 29.2 Å². The molecule has 0 aliphatic carbocycles. The Bertz CT molecular complexity index is 234. The molecule has 0 bridgehead atoms. The number of unbranched alkanes of at least 4 members (excludes halogenated alkanes) is 8. The Balaban J connectivity index is 0. The second-order valence-electron chi connectivity index (χ2n) is 4.85. The van der Waals surface area contributed by atoms with Crippen molar-refractivity contribution in [2.24, 2.45) is 0 Å². The first kappa shape index (κ1) is 23.0. The first-order chi connectivity index (χ1) is 10.2. The Morgan fingerprint density at radius 3 is 1.71 bits per heavy atom. The van der Waals surface area contributed by atoms with Gasteiger partial charge < -0.3 is 10.2 Å². The number of halogens is 2. The lowest BCUT2D eigenvalue weighted by Gasteiger charge is -1.98. The van der Waals surface area contributed by atoms with Crippen LogP contribution >= 0.6 is 23.2 Å². The van der Waals surface area contributed by atoms with Gasteiger partial charge in [-0.05, 0) is 38.5 Å². The predicted octanol–water partition coefficient (Wildman–Crippen LogP) is 5.33. The highest BCUT2D eigenvalue weighted by Gasteiger charge is 1.94. The Kier molecular flexibility index (Phi) is 24.2. The van der Waals surface area contributed by atoms with Crippen LogP contribution in [0.15, 0.2) is 12.2 Å². The van der Waals surface area contributed by atoms with Crippen molar-refractivity contribution in [2.75, 3.05) is 11.9 Å². The molecule has 0 unspecified atom stereocenters. The standard InChI is InChI=1S/C15H28O3.CH2Cl2/c16-14-12-10-8-6-4-2-1-3-5-7-9-11-13-15(17)18;2-1-3/h1,3,16H,2,4-14H2,(H,17,18);1H2/b3-1+;. The van der Waals surface area contributed by atoms with Crippen LogP contribution in [0.25, 0.3) is 0 Å². The molecule has 3 nitrogen and oxygen atoms in total. The summed E-state index contributed by atoms with van der Waals surface area (Å²) < 4.78 is 0. The molecule has 0 rings (SSSR count). The minimum absolute atomic E-state index is 0.194. The maximum Gasteiger partial charge on any atom is 0.303 e. The van der Waals surface area contributed by atoms with Crippen LogP contribution in [0.2, 0.25) is 0 Å². The van der Waals surface area contributed by atoms with Crippen molar-refractivity contribution in [2.45, 2.75) is 70.6 Å². The first-order valence-corrected chi connectivity index (χ1v) is 8.85. The number of alkyl halides is 2. The van der Waals surface area contributed by atoms with Gasteiger partial charge in [0.05, 0.1) is 5.34 Å². The van der Waals surface area contributed by atoms with Gasteiger partial charge in [-0.25, -0.2) is 0 Å². The molecule has 0 saturated carbocycles. The summed E-state index contributed by atoms with van der Waals surface area (Å²) in [6, 6.07) is 0. The molecule has 0 fully saturated rings. The highest BCUT2D eigenvalue weighted by molar-refractivity contribution is 6.40. The third-order valence-electron chi connectivity index (χ3n) is 2.96. The van der Waals surface area contributed by atoms with E-state index in [2.05, 4.69) is 12.2 Å². The van der Waals surface area contributed by atoms with Gasteiger partial charge in [0.1, 0.15) is 0 Å². The fourth-order valence-electron chi connectivity index (χ4n) is 1.86. The first-order valence-electron chi connectivity index (χ1n) is 7.78. The van der Waals surface area contributed by atoms with E-state index in [1.54, 1.807) is 0 Å². The fourth-order valence-corrected chi connectivity index (χ4v) is 1.86. The molecular weight excluding hydrogens is 311 g/mol. The highest BCUT2D eigenvalue weighted by atomic mass is 35.5. The number of aliphatic hydroxyl groups is 1. The summed E-state index contributed by atoms with van der Waals surface area (Å²) in [5.74, 6) is -0.688. The molecule has 0 aliphatic heterocycles. The molecule has 0 aromatic rings. The van der Waals surface area contributed by atoms with Gasteiger partial charge in [-0.1, -0.05) is 37.8 Å². The van der Waals surface area contributed by atoms with Gasteiger partial charge in [-0.2, -0.15) is 0 Å². The van der Waals surface area contributed by atoms with Gasteiger partial charge in [-0.15, -0.1) is 23.2 Å². The van der Waals surface area contributed by atoms with E-state index in [0.717, 1.165) is 44.9 Å². The highest BCUT2D eigenvalue weighted by Crippen LogP contribution is 2.07. The molecule has 0 amide bonds. The quantitative estimate of drug-likeness (QED) is 0.270. The third kappa shape index (κ3) is 28.6. The summed E-state index contributed by atoms with van der Waals surface area (Å²) in [6.07, 6.45) is 15.7. The number of hydrogen-bond acceptors (Lipinski definition) is 2. The van der Waals surface area contributed by atoms with E-state index in [1.165, 1.54) is 19.3 Å².